The molecular weight excluding hydrogens is 340 g/mol. The highest BCUT2D eigenvalue weighted by molar-refractivity contribution is 7.12. The van der Waals surface area contributed by atoms with Crippen LogP contribution >= 0.6 is 11.3 Å². The third kappa shape index (κ3) is 3.20. The number of rotatable bonds is 3. The number of thiophene rings is 1. The number of aryl methyl sites for hydroxylation is 2. The van der Waals surface area contributed by atoms with Crippen LogP contribution in [0.4, 0.5) is 0 Å². The lowest BCUT2D eigenvalue weighted by Crippen LogP contribution is -2.26. The molecule has 130 valence electrons. The van der Waals surface area contributed by atoms with Crippen LogP contribution in [0.1, 0.15) is 44.4 Å². The van der Waals surface area contributed by atoms with Crippen LogP contribution in [0.5, 0.6) is 0 Å². The number of nitrogens with zero attached hydrogens (tertiary/aromatic N) is 2. The molecule has 4 heteroatoms. The van der Waals surface area contributed by atoms with Crippen molar-refractivity contribution >= 4 is 23.0 Å². The summed E-state index contributed by atoms with van der Waals surface area (Å²) in [5, 5.41) is 8.32. The monoisotopic (exact) mass is 360 g/mol. The average molecular weight is 360 g/mol. The number of amides is 1. The number of hydrazone groups is 1. The first-order valence-corrected chi connectivity index (χ1v) is 9.58. The Morgan fingerprint density at radius 3 is 2.27 bits per heavy atom. The quantitative estimate of drug-likeness (QED) is 0.619. The average Bonchev–Trinajstić information content (AvgIpc) is 3.33. The van der Waals surface area contributed by atoms with Crippen LogP contribution in [-0.2, 0) is 0 Å². The van der Waals surface area contributed by atoms with Crippen molar-refractivity contribution in [3.63, 3.8) is 0 Å². The molecule has 0 N–H and O–H groups in total. The van der Waals surface area contributed by atoms with Gasteiger partial charge in [0.25, 0.3) is 5.91 Å². The molecule has 3 nitrogen and oxygen atoms in total. The fourth-order valence-corrected chi connectivity index (χ4v) is 3.83. The van der Waals surface area contributed by atoms with Crippen LogP contribution in [0.25, 0.3) is 0 Å². The summed E-state index contributed by atoms with van der Waals surface area (Å²) in [6.45, 7) is 4.14. The van der Waals surface area contributed by atoms with Crippen molar-refractivity contribution in [1.29, 1.82) is 0 Å². The molecule has 0 radical (unpaired) electrons. The zero-order chi connectivity index (χ0) is 18.1. The molecule has 1 unspecified atom stereocenters. The fourth-order valence-electron chi connectivity index (χ4n) is 3.18. The van der Waals surface area contributed by atoms with Gasteiger partial charge in [-0.05, 0) is 36.4 Å². The maximum absolute atomic E-state index is 13.0. The number of carbonyl (C=O) groups is 1. The van der Waals surface area contributed by atoms with E-state index in [0.29, 0.717) is 0 Å². The van der Waals surface area contributed by atoms with Gasteiger partial charge in [0.05, 0.1) is 16.6 Å². The van der Waals surface area contributed by atoms with Gasteiger partial charge in [0.15, 0.2) is 0 Å². The molecule has 3 aromatic rings. The van der Waals surface area contributed by atoms with Crippen LogP contribution < -0.4 is 0 Å². The summed E-state index contributed by atoms with van der Waals surface area (Å²) in [6.07, 6.45) is 0.725. The molecule has 1 atom stereocenters. The number of carbonyl (C=O) groups excluding carboxylic acids is 1. The molecule has 2 aromatic carbocycles. The van der Waals surface area contributed by atoms with Gasteiger partial charge in [-0.3, -0.25) is 4.79 Å². The van der Waals surface area contributed by atoms with Gasteiger partial charge in [-0.2, -0.15) is 5.10 Å². The van der Waals surface area contributed by atoms with E-state index in [-0.39, 0.29) is 11.9 Å². The maximum atomic E-state index is 13.0. The van der Waals surface area contributed by atoms with E-state index in [1.807, 2.05) is 17.5 Å². The van der Waals surface area contributed by atoms with E-state index < -0.39 is 0 Å². The zero-order valence-electron chi connectivity index (χ0n) is 14.8. The van der Waals surface area contributed by atoms with Crippen molar-refractivity contribution in [2.75, 3.05) is 0 Å². The molecule has 2 heterocycles. The van der Waals surface area contributed by atoms with E-state index in [1.165, 1.54) is 22.5 Å². The van der Waals surface area contributed by atoms with Gasteiger partial charge in [0.2, 0.25) is 0 Å². The molecule has 0 aliphatic carbocycles. The van der Waals surface area contributed by atoms with E-state index in [9.17, 15) is 4.79 Å². The van der Waals surface area contributed by atoms with E-state index in [1.54, 1.807) is 5.01 Å². The lowest BCUT2D eigenvalue weighted by atomic mass is 9.97. The molecule has 1 aliphatic rings. The summed E-state index contributed by atoms with van der Waals surface area (Å²) in [7, 11) is 0. The first-order chi connectivity index (χ1) is 12.6. The standard InChI is InChI=1S/C22H20N2OS/c1-15-5-9-17(10-6-15)19-14-20(18-11-7-16(2)8-12-18)24(23-19)22(25)21-4-3-13-26-21/h3-13,20H,14H2,1-2H3. The second-order valence-electron chi connectivity index (χ2n) is 6.67. The number of hydrogen-bond donors (Lipinski definition) is 0. The van der Waals surface area contributed by atoms with E-state index in [2.05, 4.69) is 62.4 Å². The minimum absolute atomic E-state index is 0.0345. The van der Waals surface area contributed by atoms with Crippen LogP contribution in [0.15, 0.2) is 71.1 Å². The summed E-state index contributed by atoms with van der Waals surface area (Å²) in [6, 6.07) is 20.4. The number of hydrogen-bond acceptors (Lipinski definition) is 3. The highest BCUT2D eigenvalue weighted by Gasteiger charge is 2.33. The van der Waals surface area contributed by atoms with Gasteiger partial charge in [-0.1, -0.05) is 65.7 Å². The van der Waals surface area contributed by atoms with Crippen molar-refractivity contribution in [3.8, 4) is 0 Å². The Bertz CT molecular complexity index is 941. The fraction of sp³-hybridized carbons (Fsp3) is 0.182. The van der Waals surface area contributed by atoms with Gasteiger partial charge in [0, 0.05) is 6.42 Å². The summed E-state index contributed by atoms with van der Waals surface area (Å²) >= 11 is 1.46. The first-order valence-electron chi connectivity index (χ1n) is 8.70. The Morgan fingerprint density at radius 2 is 1.65 bits per heavy atom. The van der Waals surface area contributed by atoms with E-state index in [4.69, 9.17) is 5.10 Å². The highest BCUT2D eigenvalue weighted by Crippen LogP contribution is 2.34. The zero-order valence-corrected chi connectivity index (χ0v) is 15.7. The Balaban J connectivity index is 1.72. The second-order valence-corrected chi connectivity index (χ2v) is 7.62. The predicted molar refractivity (Wildman–Crippen MR) is 107 cm³/mol. The van der Waals surface area contributed by atoms with Gasteiger partial charge in [-0.25, -0.2) is 5.01 Å². The molecule has 0 bridgehead atoms. The van der Waals surface area contributed by atoms with Crippen LogP contribution in [0, 0.1) is 13.8 Å². The number of benzene rings is 2. The van der Waals surface area contributed by atoms with E-state index in [0.717, 1.165) is 28.1 Å². The molecular formula is C22H20N2OS. The van der Waals surface area contributed by atoms with Crippen molar-refractivity contribution < 1.29 is 4.79 Å². The van der Waals surface area contributed by atoms with E-state index >= 15 is 0 Å². The van der Waals surface area contributed by atoms with Crippen molar-refractivity contribution in [3.05, 3.63) is 93.2 Å². The Labute approximate surface area is 157 Å². The minimum Gasteiger partial charge on any atom is -0.266 e. The molecule has 0 saturated heterocycles. The molecule has 0 fully saturated rings. The molecule has 0 spiro atoms. The lowest BCUT2D eigenvalue weighted by molar-refractivity contribution is 0.0716. The van der Waals surface area contributed by atoms with Crippen LogP contribution in [0.3, 0.4) is 0 Å². The summed E-state index contributed by atoms with van der Waals surface area (Å²) in [5.74, 6) is -0.0345. The summed E-state index contributed by atoms with van der Waals surface area (Å²) in [5.41, 5.74) is 5.58. The van der Waals surface area contributed by atoms with Crippen molar-refractivity contribution in [2.24, 2.45) is 5.10 Å². The molecule has 1 aromatic heterocycles. The minimum atomic E-state index is -0.0681. The lowest BCUT2D eigenvalue weighted by Gasteiger charge is -2.21. The van der Waals surface area contributed by atoms with Gasteiger partial charge in [0.1, 0.15) is 0 Å². The largest absolute Gasteiger partial charge is 0.284 e. The molecule has 4 rings (SSSR count). The Morgan fingerprint density at radius 1 is 1.00 bits per heavy atom. The Hall–Kier alpha value is -2.72. The highest BCUT2D eigenvalue weighted by atomic mass is 32.1. The van der Waals surface area contributed by atoms with Gasteiger partial charge >= 0.3 is 0 Å². The third-order valence-electron chi connectivity index (χ3n) is 4.70. The molecule has 1 amide bonds. The van der Waals surface area contributed by atoms with Crippen LogP contribution in [-0.4, -0.2) is 16.6 Å². The predicted octanol–water partition coefficient (Wildman–Crippen LogP) is 5.36. The van der Waals surface area contributed by atoms with Gasteiger partial charge < -0.3 is 0 Å². The first kappa shape index (κ1) is 16.7. The second kappa shape index (κ2) is 6.89. The molecule has 0 saturated carbocycles. The third-order valence-corrected chi connectivity index (χ3v) is 5.56. The Kier molecular flexibility index (Phi) is 4.43. The smallest absolute Gasteiger partial charge is 0.266 e. The molecule has 26 heavy (non-hydrogen) atoms. The normalized spacial score (nSPS) is 16.6. The van der Waals surface area contributed by atoms with Crippen molar-refractivity contribution in [1.82, 2.24) is 5.01 Å². The topological polar surface area (TPSA) is 32.7 Å². The maximum Gasteiger partial charge on any atom is 0.284 e. The van der Waals surface area contributed by atoms with Crippen LogP contribution in [0.2, 0.25) is 0 Å². The summed E-state index contributed by atoms with van der Waals surface area (Å²) in [4.78, 5) is 13.7. The summed E-state index contributed by atoms with van der Waals surface area (Å²) < 4.78 is 0. The molecule has 1 aliphatic heterocycles. The SMILES string of the molecule is Cc1ccc(C2=NN(C(=O)c3cccs3)C(c3ccc(C)cc3)C2)cc1. The van der Waals surface area contributed by atoms with Gasteiger partial charge in [-0.15, -0.1) is 11.3 Å². The van der Waals surface area contributed by atoms with Crippen molar-refractivity contribution in [2.45, 2.75) is 26.3 Å².